The first-order valence-corrected chi connectivity index (χ1v) is 8.28. The highest BCUT2D eigenvalue weighted by Crippen LogP contribution is 2.28. The molecule has 1 aliphatic carbocycles. The highest BCUT2D eigenvalue weighted by Gasteiger charge is 2.31. The van der Waals surface area contributed by atoms with Crippen molar-refractivity contribution < 1.29 is 14.7 Å². The summed E-state index contributed by atoms with van der Waals surface area (Å²) in [6, 6.07) is 8.07. The lowest BCUT2D eigenvalue weighted by atomic mass is 10.0. The van der Waals surface area contributed by atoms with Gasteiger partial charge in [0.1, 0.15) is 0 Å². The minimum atomic E-state index is -0.759. The number of hydrogen-bond acceptors (Lipinski definition) is 3. The number of rotatable bonds is 7. The minimum absolute atomic E-state index is 0.0389. The van der Waals surface area contributed by atoms with E-state index in [1.807, 2.05) is 31.2 Å². The smallest absolute Gasteiger partial charge is 0.239 e. The first-order valence-electron chi connectivity index (χ1n) is 8.28. The van der Waals surface area contributed by atoms with Gasteiger partial charge in [0, 0.05) is 13.0 Å². The molecular weight excluding hydrogens is 292 g/mol. The van der Waals surface area contributed by atoms with Crippen molar-refractivity contribution in [3.63, 3.8) is 0 Å². The van der Waals surface area contributed by atoms with Crippen LogP contribution in [0.2, 0.25) is 0 Å². The van der Waals surface area contributed by atoms with Gasteiger partial charge in [-0.15, -0.1) is 0 Å². The second-order valence-electron chi connectivity index (χ2n) is 6.47. The van der Waals surface area contributed by atoms with Crippen LogP contribution in [0.3, 0.4) is 0 Å². The number of carbonyl (C=O) groups is 2. The van der Waals surface area contributed by atoms with Crippen LogP contribution in [0.15, 0.2) is 24.3 Å². The number of aliphatic hydroxyl groups is 1. The van der Waals surface area contributed by atoms with Gasteiger partial charge in [-0.2, -0.15) is 0 Å². The number of hydrogen-bond donors (Lipinski definition) is 3. The Kier molecular flexibility index (Phi) is 6.16. The summed E-state index contributed by atoms with van der Waals surface area (Å²) < 4.78 is 0. The van der Waals surface area contributed by atoms with Crippen LogP contribution in [0.1, 0.15) is 43.2 Å². The van der Waals surface area contributed by atoms with Crippen LogP contribution in [0, 0.1) is 6.92 Å². The average molecular weight is 318 g/mol. The molecule has 126 valence electrons. The first-order chi connectivity index (χ1) is 11.0. The Bertz CT molecular complexity index is 534. The molecule has 0 heterocycles. The molecular formula is C18H26N2O3. The van der Waals surface area contributed by atoms with Crippen molar-refractivity contribution in [1.82, 2.24) is 10.6 Å². The quantitative estimate of drug-likeness (QED) is 0.712. The Morgan fingerprint density at radius 2 is 1.74 bits per heavy atom. The molecule has 0 aliphatic heterocycles. The van der Waals surface area contributed by atoms with Gasteiger partial charge in [-0.25, -0.2) is 0 Å². The van der Waals surface area contributed by atoms with Crippen molar-refractivity contribution in [3.8, 4) is 0 Å². The third-order valence-electron chi connectivity index (χ3n) is 4.36. The van der Waals surface area contributed by atoms with Gasteiger partial charge in [-0.3, -0.25) is 9.59 Å². The molecule has 1 aromatic rings. The van der Waals surface area contributed by atoms with Gasteiger partial charge in [0.15, 0.2) is 0 Å². The normalized spacial score (nSPS) is 16.1. The van der Waals surface area contributed by atoms with Crippen molar-refractivity contribution in [2.45, 2.75) is 51.0 Å². The Morgan fingerprint density at radius 1 is 1.09 bits per heavy atom. The molecule has 1 saturated carbocycles. The largest absolute Gasteiger partial charge is 0.388 e. The molecule has 3 N–H and O–H groups in total. The van der Waals surface area contributed by atoms with E-state index in [0.29, 0.717) is 12.8 Å². The Balaban J connectivity index is 1.61. The van der Waals surface area contributed by atoms with E-state index < -0.39 is 5.60 Å². The van der Waals surface area contributed by atoms with E-state index in [9.17, 15) is 14.7 Å². The van der Waals surface area contributed by atoms with Gasteiger partial charge in [0.25, 0.3) is 0 Å². The van der Waals surface area contributed by atoms with E-state index in [0.717, 1.165) is 31.2 Å². The molecule has 5 nitrogen and oxygen atoms in total. The van der Waals surface area contributed by atoms with E-state index in [-0.39, 0.29) is 24.9 Å². The number of nitrogens with one attached hydrogen (secondary N) is 2. The molecule has 0 atom stereocenters. The topological polar surface area (TPSA) is 78.4 Å². The minimum Gasteiger partial charge on any atom is -0.388 e. The van der Waals surface area contributed by atoms with Gasteiger partial charge in [0.05, 0.1) is 12.1 Å². The molecule has 0 unspecified atom stereocenters. The van der Waals surface area contributed by atoms with E-state index in [2.05, 4.69) is 10.6 Å². The van der Waals surface area contributed by atoms with E-state index in [4.69, 9.17) is 0 Å². The van der Waals surface area contributed by atoms with E-state index in [1.165, 1.54) is 5.56 Å². The predicted molar refractivity (Wildman–Crippen MR) is 88.9 cm³/mol. The van der Waals surface area contributed by atoms with Crippen LogP contribution >= 0.6 is 0 Å². The highest BCUT2D eigenvalue weighted by atomic mass is 16.3. The first kappa shape index (κ1) is 17.5. The van der Waals surface area contributed by atoms with Gasteiger partial charge >= 0.3 is 0 Å². The number of aryl methyl sites for hydroxylation is 2. The zero-order valence-corrected chi connectivity index (χ0v) is 13.7. The van der Waals surface area contributed by atoms with Gasteiger partial charge in [-0.05, 0) is 31.7 Å². The third kappa shape index (κ3) is 6.02. The van der Waals surface area contributed by atoms with Crippen molar-refractivity contribution in [3.05, 3.63) is 35.4 Å². The second-order valence-corrected chi connectivity index (χ2v) is 6.47. The highest BCUT2D eigenvalue weighted by molar-refractivity contribution is 5.84. The van der Waals surface area contributed by atoms with Gasteiger partial charge < -0.3 is 15.7 Å². The maximum Gasteiger partial charge on any atom is 0.239 e. The monoisotopic (exact) mass is 318 g/mol. The molecule has 0 radical (unpaired) electrons. The predicted octanol–water partition coefficient (Wildman–Crippen LogP) is 1.47. The van der Waals surface area contributed by atoms with Gasteiger partial charge in [-0.1, -0.05) is 42.7 Å². The fraction of sp³-hybridized carbons (Fsp3) is 0.556. The number of benzene rings is 1. The fourth-order valence-electron chi connectivity index (χ4n) is 2.82. The standard InChI is InChI=1S/C18H26N2O3/c1-14-4-6-15(7-5-14)8-9-16(21)19-12-17(22)20-13-18(23)10-2-3-11-18/h4-7,23H,2-3,8-13H2,1H3,(H,19,21)(H,20,22). The zero-order chi connectivity index (χ0) is 16.7. The molecule has 0 spiro atoms. The zero-order valence-electron chi connectivity index (χ0n) is 13.7. The summed E-state index contributed by atoms with van der Waals surface area (Å²) in [6.07, 6.45) is 4.49. The van der Waals surface area contributed by atoms with Crippen molar-refractivity contribution in [1.29, 1.82) is 0 Å². The van der Waals surface area contributed by atoms with Gasteiger partial charge in [0.2, 0.25) is 11.8 Å². The molecule has 1 aromatic carbocycles. The van der Waals surface area contributed by atoms with Crippen molar-refractivity contribution >= 4 is 11.8 Å². The third-order valence-corrected chi connectivity index (χ3v) is 4.36. The molecule has 1 fully saturated rings. The molecule has 1 aliphatic rings. The van der Waals surface area contributed by atoms with Crippen molar-refractivity contribution in [2.75, 3.05) is 13.1 Å². The summed E-state index contributed by atoms with van der Waals surface area (Å²) in [4.78, 5) is 23.5. The molecule has 2 amide bonds. The summed E-state index contributed by atoms with van der Waals surface area (Å²) in [5.41, 5.74) is 1.54. The molecule has 0 bridgehead atoms. The maximum absolute atomic E-state index is 11.8. The van der Waals surface area contributed by atoms with E-state index >= 15 is 0 Å². The summed E-state index contributed by atoms with van der Waals surface area (Å²) in [6.45, 7) is 2.26. The lowest BCUT2D eigenvalue weighted by Gasteiger charge is -2.22. The lowest BCUT2D eigenvalue weighted by molar-refractivity contribution is -0.126. The average Bonchev–Trinajstić information content (AvgIpc) is 2.97. The summed E-state index contributed by atoms with van der Waals surface area (Å²) in [7, 11) is 0. The van der Waals surface area contributed by atoms with Crippen LogP contribution in [0.25, 0.3) is 0 Å². The molecule has 0 saturated heterocycles. The summed E-state index contributed by atoms with van der Waals surface area (Å²) >= 11 is 0. The Hall–Kier alpha value is -1.88. The van der Waals surface area contributed by atoms with Crippen LogP contribution in [0.4, 0.5) is 0 Å². The lowest BCUT2D eigenvalue weighted by Crippen LogP contribution is -2.44. The molecule has 0 aromatic heterocycles. The van der Waals surface area contributed by atoms with E-state index in [1.54, 1.807) is 0 Å². The van der Waals surface area contributed by atoms with Crippen LogP contribution < -0.4 is 10.6 Å². The number of carbonyl (C=O) groups excluding carboxylic acids is 2. The second kappa shape index (κ2) is 8.11. The van der Waals surface area contributed by atoms with Crippen LogP contribution in [-0.2, 0) is 16.0 Å². The maximum atomic E-state index is 11.8. The summed E-state index contributed by atoms with van der Waals surface area (Å²) in [5.74, 6) is -0.394. The van der Waals surface area contributed by atoms with Crippen LogP contribution in [-0.4, -0.2) is 35.6 Å². The van der Waals surface area contributed by atoms with Crippen molar-refractivity contribution in [2.24, 2.45) is 0 Å². The SMILES string of the molecule is Cc1ccc(CCC(=O)NCC(=O)NCC2(O)CCCC2)cc1. The Morgan fingerprint density at radius 3 is 2.39 bits per heavy atom. The molecule has 23 heavy (non-hydrogen) atoms. The van der Waals surface area contributed by atoms with Crippen LogP contribution in [0.5, 0.6) is 0 Å². The summed E-state index contributed by atoms with van der Waals surface area (Å²) in [5, 5.41) is 15.5. The Labute approximate surface area is 137 Å². The number of amides is 2. The fourth-order valence-corrected chi connectivity index (χ4v) is 2.82. The molecule has 5 heteroatoms. The molecule has 2 rings (SSSR count).